The fourth-order valence-corrected chi connectivity index (χ4v) is 2.52. The molecule has 1 N–H and O–H groups in total. The zero-order valence-electron chi connectivity index (χ0n) is 9.93. The Morgan fingerprint density at radius 2 is 2.05 bits per heavy atom. The van der Waals surface area contributed by atoms with Gasteiger partial charge in [0, 0.05) is 5.33 Å². The highest BCUT2D eigenvalue weighted by molar-refractivity contribution is 9.09. The number of halogens is 1. The fraction of sp³-hybridized carbons (Fsp3) is 0.231. The van der Waals surface area contributed by atoms with Crippen molar-refractivity contribution in [3.8, 4) is 17.0 Å². The lowest BCUT2D eigenvalue weighted by Gasteiger charge is -2.08. The first-order valence-electron chi connectivity index (χ1n) is 5.86. The van der Waals surface area contributed by atoms with Crippen LogP contribution in [0.25, 0.3) is 11.1 Å². The first-order valence-corrected chi connectivity index (χ1v) is 6.98. The maximum Gasteiger partial charge on any atom is 0.331 e. The van der Waals surface area contributed by atoms with Crippen LogP contribution in [0.15, 0.2) is 39.9 Å². The number of aromatic amines is 1. The smallest absolute Gasteiger partial charge is 0.331 e. The summed E-state index contributed by atoms with van der Waals surface area (Å²) in [5.41, 5.74) is 0.298. The molecule has 0 fully saturated rings. The van der Waals surface area contributed by atoms with E-state index in [0.717, 1.165) is 5.56 Å². The van der Waals surface area contributed by atoms with Crippen LogP contribution in [0.5, 0.6) is 5.88 Å². The molecule has 0 bridgehead atoms. The maximum atomic E-state index is 12.0. The van der Waals surface area contributed by atoms with Gasteiger partial charge in [-0.25, -0.2) is 4.79 Å². The van der Waals surface area contributed by atoms with Crippen LogP contribution < -0.4 is 16.0 Å². The fourth-order valence-electron chi connectivity index (χ4n) is 2.18. The molecule has 1 aliphatic heterocycles. The molecular weight excluding hydrogens is 312 g/mol. The number of alkyl halides is 1. The number of fused-ring (bicyclic) bond motifs is 1. The monoisotopic (exact) mass is 322 g/mol. The van der Waals surface area contributed by atoms with Crippen LogP contribution in [0.2, 0.25) is 0 Å². The molecule has 1 aromatic heterocycles. The zero-order valence-corrected chi connectivity index (χ0v) is 11.5. The SMILES string of the molecule is O=c1[nH]c(=O)n2c(c1-c1ccccc1)OC(CBr)C2. The van der Waals surface area contributed by atoms with E-state index < -0.39 is 11.2 Å². The Kier molecular flexibility index (Phi) is 3.02. The number of nitrogens with one attached hydrogen (secondary N) is 1. The average molecular weight is 323 g/mol. The lowest BCUT2D eigenvalue weighted by Crippen LogP contribution is -2.29. The van der Waals surface area contributed by atoms with Crippen molar-refractivity contribution >= 4 is 15.9 Å². The Bertz CT molecular complexity index is 721. The van der Waals surface area contributed by atoms with Gasteiger partial charge in [-0.15, -0.1) is 0 Å². The third kappa shape index (κ3) is 2.02. The predicted octanol–water partition coefficient (Wildman–Crippen LogP) is 1.36. The summed E-state index contributed by atoms with van der Waals surface area (Å²) in [5, 5.41) is 0.608. The summed E-state index contributed by atoms with van der Waals surface area (Å²) >= 11 is 3.33. The third-order valence-electron chi connectivity index (χ3n) is 3.05. The van der Waals surface area contributed by atoms with Gasteiger partial charge in [0.1, 0.15) is 11.7 Å². The largest absolute Gasteiger partial charge is 0.472 e. The Labute approximate surface area is 117 Å². The molecule has 1 unspecified atom stereocenters. The highest BCUT2D eigenvalue weighted by Gasteiger charge is 2.28. The minimum atomic E-state index is -0.428. The van der Waals surface area contributed by atoms with E-state index in [-0.39, 0.29) is 6.10 Å². The summed E-state index contributed by atoms with van der Waals surface area (Å²) in [4.78, 5) is 26.2. The van der Waals surface area contributed by atoms with Gasteiger partial charge in [0.15, 0.2) is 0 Å². The van der Waals surface area contributed by atoms with Crippen LogP contribution >= 0.6 is 15.9 Å². The summed E-state index contributed by atoms with van der Waals surface area (Å²) in [6.07, 6.45) is -0.134. The molecular formula is C13H11BrN2O3. The summed E-state index contributed by atoms with van der Waals surface area (Å²) in [6, 6.07) is 9.19. The van der Waals surface area contributed by atoms with Crippen LogP contribution in [-0.2, 0) is 6.54 Å². The van der Waals surface area contributed by atoms with Crippen molar-refractivity contribution in [1.29, 1.82) is 0 Å². The lowest BCUT2D eigenvalue weighted by atomic mass is 10.1. The minimum absolute atomic E-state index is 0.134. The molecule has 6 heteroatoms. The molecule has 98 valence electrons. The van der Waals surface area contributed by atoms with Gasteiger partial charge in [0.2, 0.25) is 5.88 Å². The summed E-state index contributed by atoms with van der Waals surface area (Å²) < 4.78 is 7.17. The number of hydrogen-bond donors (Lipinski definition) is 1. The molecule has 0 aliphatic carbocycles. The van der Waals surface area contributed by atoms with Crippen molar-refractivity contribution in [2.24, 2.45) is 0 Å². The molecule has 0 radical (unpaired) electrons. The molecule has 0 saturated heterocycles. The predicted molar refractivity (Wildman–Crippen MR) is 75.0 cm³/mol. The number of nitrogens with zero attached hydrogens (tertiary/aromatic N) is 1. The van der Waals surface area contributed by atoms with E-state index in [2.05, 4.69) is 20.9 Å². The summed E-state index contributed by atoms with van der Waals surface area (Å²) in [6.45, 7) is 0.441. The quantitative estimate of drug-likeness (QED) is 0.849. The van der Waals surface area contributed by atoms with E-state index in [1.54, 1.807) is 0 Å². The Hall–Kier alpha value is -1.82. The van der Waals surface area contributed by atoms with Gasteiger partial charge in [0.25, 0.3) is 5.56 Å². The third-order valence-corrected chi connectivity index (χ3v) is 3.77. The first kappa shape index (κ1) is 12.2. The van der Waals surface area contributed by atoms with Crippen molar-refractivity contribution < 1.29 is 4.74 Å². The molecule has 0 spiro atoms. The van der Waals surface area contributed by atoms with Gasteiger partial charge in [-0.2, -0.15) is 0 Å². The number of rotatable bonds is 2. The van der Waals surface area contributed by atoms with Crippen molar-refractivity contribution in [2.75, 3.05) is 5.33 Å². The number of aromatic nitrogens is 2. The van der Waals surface area contributed by atoms with Gasteiger partial charge >= 0.3 is 5.69 Å². The minimum Gasteiger partial charge on any atom is -0.472 e. The second kappa shape index (κ2) is 4.70. The van der Waals surface area contributed by atoms with Gasteiger partial charge in [0.05, 0.1) is 6.54 Å². The van der Waals surface area contributed by atoms with Crippen molar-refractivity contribution in [3.63, 3.8) is 0 Å². The Balaban J connectivity index is 2.26. The van der Waals surface area contributed by atoms with E-state index in [4.69, 9.17) is 4.74 Å². The molecule has 1 aliphatic rings. The Morgan fingerprint density at radius 1 is 1.32 bits per heavy atom. The Morgan fingerprint density at radius 3 is 2.74 bits per heavy atom. The first-order chi connectivity index (χ1) is 9.20. The van der Waals surface area contributed by atoms with E-state index >= 15 is 0 Å². The molecule has 2 aromatic rings. The van der Waals surface area contributed by atoms with Crippen molar-refractivity contribution in [2.45, 2.75) is 12.6 Å². The lowest BCUT2D eigenvalue weighted by molar-refractivity contribution is 0.261. The molecule has 0 saturated carbocycles. The molecule has 1 atom stereocenters. The number of H-pyrrole nitrogens is 1. The highest BCUT2D eigenvalue weighted by Crippen LogP contribution is 2.30. The average Bonchev–Trinajstić information content (AvgIpc) is 2.84. The standard InChI is InChI=1S/C13H11BrN2O3/c14-6-9-7-16-12(19-9)10(11(17)15-13(16)18)8-4-2-1-3-5-8/h1-5,9H,6-7H2,(H,15,17,18). The molecule has 0 amide bonds. The van der Waals surface area contributed by atoms with Crippen LogP contribution in [0.1, 0.15) is 0 Å². The topological polar surface area (TPSA) is 64.1 Å². The molecule has 1 aromatic carbocycles. The van der Waals surface area contributed by atoms with Crippen LogP contribution in [0.4, 0.5) is 0 Å². The molecule has 3 rings (SSSR count). The second-order valence-corrected chi connectivity index (χ2v) is 4.96. The zero-order chi connectivity index (χ0) is 13.4. The number of ether oxygens (including phenoxy) is 1. The van der Waals surface area contributed by atoms with E-state index in [1.807, 2.05) is 30.3 Å². The van der Waals surface area contributed by atoms with Crippen LogP contribution in [-0.4, -0.2) is 21.0 Å². The van der Waals surface area contributed by atoms with Gasteiger partial charge < -0.3 is 4.74 Å². The van der Waals surface area contributed by atoms with E-state index in [1.165, 1.54) is 4.57 Å². The maximum absolute atomic E-state index is 12.0. The highest BCUT2D eigenvalue weighted by atomic mass is 79.9. The molecule has 19 heavy (non-hydrogen) atoms. The van der Waals surface area contributed by atoms with E-state index in [9.17, 15) is 9.59 Å². The molecule has 5 nitrogen and oxygen atoms in total. The summed E-state index contributed by atoms with van der Waals surface area (Å²) in [7, 11) is 0. The van der Waals surface area contributed by atoms with E-state index in [0.29, 0.717) is 23.3 Å². The summed E-state index contributed by atoms with van der Waals surface area (Å²) in [5.74, 6) is 0.351. The normalized spacial score (nSPS) is 17.0. The van der Waals surface area contributed by atoms with Crippen molar-refractivity contribution in [3.05, 3.63) is 51.2 Å². The van der Waals surface area contributed by atoms with Gasteiger partial charge in [-0.3, -0.25) is 14.3 Å². The van der Waals surface area contributed by atoms with Gasteiger partial charge in [-0.05, 0) is 5.56 Å². The second-order valence-electron chi connectivity index (χ2n) is 4.31. The van der Waals surface area contributed by atoms with Gasteiger partial charge in [-0.1, -0.05) is 46.3 Å². The molecule has 2 heterocycles. The van der Waals surface area contributed by atoms with Crippen LogP contribution in [0.3, 0.4) is 0 Å². The van der Waals surface area contributed by atoms with Crippen molar-refractivity contribution in [1.82, 2.24) is 9.55 Å². The number of hydrogen-bond acceptors (Lipinski definition) is 3. The number of benzene rings is 1. The van der Waals surface area contributed by atoms with Crippen LogP contribution in [0, 0.1) is 0 Å².